The number of aliphatic hydroxyl groups is 1. The van der Waals surface area contributed by atoms with E-state index in [1.165, 1.54) is 0 Å². The van der Waals surface area contributed by atoms with Crippen molar-refractivity contribution in [3.8, 4) is 5.75 Å². The van der Waals surface area contributed by atoms with Gasteiger partial charge in [0.1, 0.15) is 22.6 Å². The lowest BCUT2D eigenvalue weighted by atomic mass is 10.0. The van der Waals surface area contributed by atoms with Crippen LogP contribution in [0.4, 0.5) is 0 Å². The fourth-order valence-corrected chi connectivity index (χ4v) is 3.99. The normalized spacial score (nSPS) is 11.9. The van der Waals surface area contributed by atoms with Crippen LogP contribution in [0.2, 0.25) is 0 Å². The van der Waals surface area contributed by atoms with Crippen LogP contribution in [-0.2, 0) is 4.79 Å². The topological polar surface area (TPSA) is 89.6 Å². The zero-order chi connectivity index (χ0) is 24.6. The molecule has 0 aliphatic heterocycles. The SMILES string of the molecule is Cc1cccc(/C(O)=C(\C(=O)Oc2c(C)cc(C)cc2C)c2nc3cc(C)ccc3oc2=O)c1. The molecule has 0 aliphatic carbocycles. The molecular weight excluding hydrogens is 430 g/mol. The lowest BCUT2D eigenvalue weighted by Crippen LogP contribution is -2.20. The quantitative estimate of drug-likeness (QED) is 0.182. The van der Waals surface area contributed by atoms with E-state index in [1.807, 2.05) is 52.8 Å². The van der Waals surface area contributed by atoms with Crippen LogP contribution in [0.15, 0.2) is 63.8 Å². The molecule has 0 saturated carbocycles. The molecule has 0 fully saturated rings. The summed E-state index contributed by atoms with van der Waals surface area (Å²) in [5.74, 6) is -0.949. The van der Waals surface area contributed by atoms with Crippen molar-refractivity contribution in [2.45, 2.75) is 34.6 Å². The molecule has 4 rings (SSSR count). The van der Waals surface area contributed by atoms with Gasteiger partial charge in [-0.1, -0.05) is 47.5 Å². The number of nitrogens with zero attached hydrogens (tertiary/aromatic N) is 1. The van der Waals surface area contributed by atoms with Gasteiger partial charge in [0.15, 0.2) is 11.3 Å². The number of ether oxygens (including phenoxy) is 1. The van der Waals surface area contributed by atoms with Gasteiger partial charge in [0.2, 0.25) is 0 Å². The molecular formula is C28H25NO5. The molecule has 6 heteroatoms. The second-order valence-electron chi connectivity index (χ2n) is 8.53. The summed E-state index contributed by atoms with van der Waals surface area (Å²) < 4.78 is 11.2. The van der Waals surface area contributed by atoms with Gasteiger partial charge in [-0.3, -0.25) is 0 Å². The molecule has 6 nitrogen and oxygen atoms in total. The molecule has 0 aliphatic rings. The van der Waals surface area contributed by atoms with E-state index in [2.05, 4.69) is 4.98 Å². The standard InChI is InChI=1S/C28H25NO5/c1-15-7-6-8-20(13-15)25(30)23(27(31)34-26-18(4)11-17(3)12-19(26)5)24-28(32)33-22-10-9-16(2)14-21(22)29-24/h6-14,30H,1-5H3/b25-23+. The van der Waals surface area contributed by atoms with E-state index in [1.54, 1.807) is 36.4 Å². The Bertz CT molecular complexity index is 1500. The van der Waals surface area contributed by atoms with Crippen molar-refractivity contribution in [1.29, 1.82) is 0 Å². The first kappa shape index (κ1) is 23.0. The Labute approximate surface area is 197 Å². The van der Waals surface area contributed by atoms with E-state index in [-0.39, 0.29) is 16.9 Å². The number of rotatable bonds is 4. The minimum absolute atomic E-state index is 0.285. The van der Waals surface area contributed by atoms with Gasteiger partial charge in [-0.25, -0.2) is 14.6 Å². The van der Waals surface area contributed by atoms with Crippen molar-refractivity contribution in [2.24, 2.45) is 0 Å². The van der Waals surface area contributed by atoms with Crippen LogP contribution in [0.3, 0.4) is 0 Å². The predicted octanol–water partition coefficient (Wildman–Crippen LogP) is 5.76. The first-order valence-corrected chi connectivity index (χ1v) is 10.9. The van der Waals surface area contributed by atoms with E-state index in [0.717, 1.165) is 27.8 Å². The molecule has 172 valence electrons. The molecule has 0 amide bonds. The van der Waals surface area contributed by atoms with Gasteiger partial charge in [0, 0.05) is 5.56 Å². The van der Waals surface area contributed by atoms with Crippen LogP contribution < -0.4 is 10.4 Å². The highest BCUT2D eigenvalue weighted by Gasteiger charge is 2.27. The average molecular weight is 456 g/mol. The highest BCUT2D eigenvalue weighted by atomic mass is 16.5. The van der Waals surface area contributed by atoms with Gasteiger partial charge in [-0.05, 0) is 69.5 Å². The van der Waals surface area contributed by atoms with E-state index < -0.39 is 17.4 Å². The molecule has 0 spiro atoms. The minimum Gasteiger partial charge on any atom is -0.506 e. The number of fused-ring (bicyclic) bond motifs is 1. The summed E-state index contributed by atoms with van der Waals surface area (Å²) in [5, 5.41) is 11.2. The molecule has 0 saturated heterocycles. The number of aryl methyl sites for hydroxylation is 5. The van der Waals surface area contributed by atoms with Gasteiger partial charge in [-0.15, -0.1) is 0 Å². The number of carbonyl (C=O) groups is 1. The van der Waals surface area contributed by atoms with Crippen LogP contribution in [0, 0.1) is 34.6 Å². The summed E-state index contributed by atoms with van der Waals surface area (Å²) in [4.78, 5) is 30.8. The molecule has 0 radical (unpaired) electrons. The Morgan fingerprint density at radius 2 is 1.56 bits per heavy atom. The van der Waals surface area contributed by atoms with Gasteiger partial charge in [0.05, 0.1) is 0 Å². The number of carbonyl (C=O) groups excluding carboxylic acids is 1. The third-order valence-corrected chi connectivity index (χ3v) is 5.51. The maximum atomic E-state index is 13.5. The molecule has 3 aromatic carbocycles. The summed E-state index contributed by atoms with van der Waals surface area (Å²) in [6.45, 7) is 9.35. The fraction of sp³-hybridized carbons (Fsp3) is 0.179. The first-order valence-electron chi connectivity index (χ1n) is 10.9. The molecule has 1 N–H and O–H groups in total. The summed E-state index contributed by atoms with van der Waals surface area (Å²) in [6.07, 6.45) is 0. The molecule has 0 bridgehead atoms. The van der Waals surface area contributed by atoms with E-state index in [0.29, 0.717) is 16.8 Å². The number of hydrogen-bond donors (Lipinski definition) is 1. The van der Waals surface area contributed by atoms with Crippen LogP contribution in [0.1, 0.15) is 39.1 Å². The number of hydrogen-bond acceptors (Lipinski definition) is 6. The van der Waals surface area contributed by atoms with Crippen molar-refractivity contribution >= 4 is 28.4 Å². The maximum absolute atomic E-state index is 13.5. The Morgan fingerprint density at radius 3 is 2.24 bits per heavy atom. The lowest BCUT2D eigenvalue weighted by molar-refractivity contribution is -0.128. The van der Waals surface area contributed by atoms with Crippen molar-refractivity contribution in [3.63, 3.8) is 0 Å². The Balaban J connectivity index is 1.94. The number of benzene rings is 3. The van der Waals surface area contributed by atoms with Gasteiger partial charge < -0.3 is 14.3 Å². The fourth-order valence-electron chi connectivity index (χ4n) is 3.99. The van der Waals surface area contributed by atoms with Crippen molar-refractivity contribution in [3.05, 3.63) is 104 Å². The third-order valence-electron chi connectivity index (χ3n) is 5.51. The van der Waals surface area contributed by atoms with E-state index in [9.17, 15) is 14.7 Å². The van der Waals surface area contributed by atoms with Crippen LogP contribution >= 0.6 is 0 Å². The minimum atomic E-state index is -0.902. The van der Waals surface area contributed by atoms with Crippen molar-refractivity contribution < 1.29 is 19.1 Å². The molecule has 4 aromatic rings. The highest BCUT2D eigenvalue weighted by Crippen LogP contribution is 2.29. The summed E-state index contributed by atoms with van der Waals surface area (Å²) in [7, 11) is 0. The van der Waals surface area contributed by atoms with Crippen molar-refractivity contribution in [1.82, 2.24) is 4.98 Å². The molecule has 1 heterocycles. The van der Waals surface area contributed by atoms with Crippen molar-refractivity contribution in [2.75, 3.05) is 0 Å². The molecule has 1 aromatic heterocycles. The summed E-state index contributed by atoms with van der Waals surface area (Å²) >= 11 is 0. The average Bonchev–Trinajstić information content (AvgIpc) is 2.77. The molecule has 34 heavy (non-hydrogen) atoms. The van der Waals surface area contributed by atoms with Crippen LogP contribution in [-0.4, -0.2) is 16.1 Å². The second kappa shape index (κ2) is 8.98. The zero-order valence-corrected chi connectivity index (χ0v) is 19.7. The van der Waals surface area contributed by atoms with Gasteiger partial charge >= 0.3 is 11.6 Å². The van der Waals surface area contributed by atoms with Crippen LogP contribution in [0.5, 0.6) is 5.75 Å². The monoisotopic (exact) mass is 455 g/mol. The van der Waals surface area contributed by atoms with E-state index >= 15 is 0 Å². The smallest absolute Gasteiger partial charge is 0.363 e. The Morgan fingerprint density at radius 1 is 0.882 bits per heavy atom. The van der Waals surface area contributed by atoms with E-state index in [4.69, 9.17) is 9.15 Å². The molecule has 0 unspecified atom stereocenters. The third kappa shape index (κ3) is 4.48. The number of aromatic nitrogens is 1. The lowest BCUT2D eigenvalue weighted by Gasteiger charge is -2.14. The zero-order valence-electron chi connectivity index (χ0n) is 19.7. The number of aliphatic hydroxyl groups excluding tert-OH is 1. The Kier molecular flexibility index (Phi) is 6.07. The Hall–Kier alpha value is -4.19. The summed E-state index contributed by atoms with van der Waals surface area (Å²) in [5.41, 5.74) is 3.83. The largest absolute Gasteiger partial charge is 0.506 e. The number of esters is 1. The molecule has 0 atom stereocenters. The first-order chi connectivity index (χ1) is 16.1. The van der Waals surface area contributed by atoms with Crippen LogP contribution in [0.25, 0.3) is 22.4 Å². The van der Waals surface area contributed by atoms with Gasteiger partial charge in [-0.2, -0.15) is 0 Å². The maximum Gasteiger partial charge on any atom is 0.363 e. The second-order valence-corrected chi connectivity index (χ2v) is 8.53. The summed E-state index contributed by atoms with van der Waals surface area (Å²) in [6, 6.07) is 15.9. The van der Waals surface area contributed by atoms with Gasteiger partial charge in [0.25, 0.3) is 0 Å². The highest BCUT2D eigenvalue weighted by molar-refractivity contribution is 6.23. The predicted molar refractivity (Wildman–Crippen MR) is 132 cm³/mol.